The zero-order valence-electron chi connectivity index (χ0n) is 24.1. The fourth-order valence-electron chi connectivity index (χ4n) is 4.14. The van der Waals surface area contributed by atoms with E-state index in [1.807, 2.05) is 27.7 Å². The molecule has 1 saturated heterocycles. The standard InChI is InChI=1S/C29H37N7O5/c1-19(11-15-37)40-23-16-25(33-24-8-12-30-26(34-24)22-18-32-35(5)27(22)38)31-17-21(23)7-6-20-9-13-36(14-10-20)28(39)41-29(2,3)4/h8,12,16-20,37-38H,9-11,13-15H2,1-5H3,(H,30,31,33,34)/t19-/m0/s1. The third-order valence-electron chi connectivity index (χ3n) is 6.35. The average molecular weight is 564 g/mol. The van der Waals surface area contributed by atoms with Crippen LogP contribution in [0.25, 0.3) is 11.4 Å². The lowest BCUT2D eigenvalue weighted by Crippen LogP contribution is -2.41. The van der Waals surface area contributed by atoms with Gasteiger partial charge in [0.2, 0.25) is 5.88 Å². The molecule has 0 spiro atoms. The number of likely N-dealkylation sites (tertiary alicyclic amines) is 1. The van der Waals surface area contributed by atoms with Gasteiger partial charge in [0.25, 0.3) is 0 Å². The average Bonchev–Trinajstić information content (AvgIpc) is 3.25. The Kier molecular flexibility index (Phi) is 9.29. The minimum atomic E-state index is -0.524. The monoisotopic (exact) mass is 563 g/mol. The van der Waals surface area contributed by atoms with E-state index in [2.05, 4.69) is 37.2 Å². The van der Waals surface area contributed by atoms with Gasteiger partial charge >= 0.3 is 6.09 Å². The van der Waals surface area contributed by atoms with E-state index in [9.17, 15) is 15.0 Å². The maximum atomic E-state index is 12.4. The summed E-state index contributed by atoms with van der Waals surface area (Å²) in [5, 5.41) is 26.8. The molecule has 3 aromatic heterocycles. The summed E-state index contributed by atoms with van der Waals surface area (Å²) in [4.78, 5) is 27.3. The molecule has 1 fully saturated rings. The largest absolute Gasteiger partial charge is 0.493 e. The number of piperidine rings is 1. The summed E-state index contributed by atoms with van der Waals surface area (Å²) >= 11 is 0. The van der Waals surface area contributed by atoms with E-state index in [1.54, 1.807) is 36.5 Å². The summed E-state index contributed by atoms with van der Waals surface area (Å²) in [6.07, 6.45) is 6.14. The van der Waals surface area contributed by atoms with Crippen LogP contribution in [-0.2, 0) is 11.8 Å². The topological polar surface area (TPSA) is 148 Å². The number of aromatic hydroxyl groups is 1. The molecule has 0 unspecified atom stereocenters. The molecule has 1 aliphatic heterocycles. The Balaban J connectivity index is 1.49. The number of nitrogens with zero attached hydrogens (tertiary/aromatic N) is 6. The quantitative estimate of drug-likeness (QED) is 0.362. The first kappa shape index (κ1) is 29.6. The lowest BCUT2D eigenvalue weighted by Gasteiger charge is -2.31. The highest BCUT2D eigenvalue weighted by Gasteiger charge is 2.26. The molecule has 41 heavy (non-hydrogen) atoms. The second-order valence-corrected chi connectivity index (χ2v) is 10.9. The Morgan fingerprint density at radius 3 is 2.63 bits per heavy atom. The van der Waals surface area contributed by atoms with Crippen molar-refractivity contribution in [1.29, 1.82) is 0 Å². The Morgan fingerprint density at radius 1 is 1.22 bits per heavy atom. The van der Waals surface area contributed by atoms with Crippen molar-refractivity contribution in [2.75, 3.05) is 25.0 Å². The number of nitrogens with one attached hydrogen (secondary N) is 1. The van der Waals surface area contributed by atoms with Crippen molar-refractivity contribution < 1.29 is 24.5 Å². The Hall–Kier alpha value is -4.37. The number of hydrogen-bond donors (Lipinski definition) is 3. The maximum absolute atomic E-state index is 12.4. The fourth-order valence-corrected chi connectivity index (χ4v) is 4.14. The smallest absolute Gasteiger partial charge is 0.410 e. The lowest BCUT2D eigenvalue weighted by molar-refractivity contribution is 0.0199. The number of carbonyl (C=O) groups is 1. The first-order valence-electron chi connectivity index (χ1n) is 13.6. The molecule has 3 N–H and O–H groups in total. The van der Waals surface area contributed by atoms with E-state index in [0.717, 1.165) is 12.8 Å². The second-order valence-electron chi connectivity index (χ2n) is 10.9. The number of carbonyl (C=O) groups excluding carboxylic acids is 1. The van der Waals surface area contributed by atoms with Crippen molar-refractivity contribution in [3.8, 4) is 34.9 Å². The van der Waals surface area contributed by atoms with Gasteiger partial charge in [-0.2, -0.15) is 5.10 Å². The van der Waals surface area contributed by atoms with Crippen LogP contribution in [0.5, 0.6) is 11.6 Å². The molecule has 4 heterocycles. The predicted octanol–water partition coefficient (Wildman–Crippen LogP) is 3.87. The Morgan fingerprint density at radius 2 is 1.98 bits per heavy atom. The summed E-state index contributed by atoms with van der Waals surface area (Å²) in [6, 6.07) is 3.43. The number of hydrogen-bond acceptors (Lipinski definition) is 10. The van der Waals surface area contributed by atoms with Gasteiger partial charge in [0.05, 0.1) is 17.9 Å². The lowest BCUT2D eigenvalue weighted by atomic mass is 9.97. The molecule has 4 rings (SSSR count). The Bertz CT molecular complexity index is 1410. The molecule has 0 aliphatic carbocycles. The van der Waals surface area contributed by atoms with Gasteiger partial charge < -0.3 is 29.9 Å². The van der Waals surface area contributed by atoms with E-state index < -0.39 is 5.60 Å². The van der Waals surface area contributed by atoms with Gasteiger partial charge in [0, 0.05) is 57.5 Å². The number of aromatic nitrogens is 5. The summed E-state index contributed by atoms with van der Waals surface area (Å²) in [5.74, 6) is 8.42. The van der Waals surface area contributed by atoms with Crippen molar-refractivity contribution in [3.05, 3.63) is 36.3 Å². The molecule has 0 radical (unpaired) electrons. The van der Waals surface area contributed by atoms with E-state index in [1.165, 1.54) is 10.9 Å². The number of aliphatic hydroxyl groups excluding tert-OH is 1. The van der Waals surface area contributed by atoms with Crippen molar-refractivity contribution >= 4 is 17.7 Å². The van der Waals surface area contributed by atoms with Crippen molar-refractivity contribution in [3.63, 3.8) is 0 Å². The molecule has 1 aliphatic rings. The van der Waals surface area contributed by atoms with Gasteiger partial charge in [0.15, 0.2) is 5.82 Å². The summed E-state index contributed by atoms with van der Waals surface area (Å²) in [5.41, 5.74) is 0.510. The summed E-state index contributed by atoms with van der Waals surface area (Å²) < 4.78 is 12.9. The van der Waals surface area contributed by atoms with Crippen LogP contribution < -0.4 is 10.1 Å². The van der Waals surface area contributed by atoms with Gasteiger partial charge in [-0.15, -0.1) is 0 Å². The van der Waals surface area contributed by atoms with Crippen LogP contribution in [-0.4, -0.2) is 77.3 Å². The third-order valence-corrected chi connectivity index (χ3v) is 6.35. The van der Waals surface area contributed by atoms with Crippen LogP contribution in [0.4, 0.5) is 16.4 Å². The van der Waals surface area contributed by atoms with Crippen molar-refractivity contribution in [1.82, 2.24) is 29.6 Å². The van der Waals surface area contributed by atoms with Gasteiger partial charge in [0.1, 0.15) is 28.5 Å². The van der Waals surface area contributed by atoms with Gasteiger partial charge in [-0.3, -0.25) is 0 Å². The number of amides is 1. The summed E-state index contributed by atoms with van der Waals surface area (Å²) in [7, 11) is 1.63. The minimum Gasteiger partial charge on any atom is -0.493 e. The highest BCUT2D eigenvalue weighted by molar-refractivity contribution is 5.68. The predicted molar refractivity (Wildman–Crippen MR) is 153 cm³/mol. The maximum Gasteiger partial charge on any atom is 0.410 e. The van der Waals surface area contributed by atoms with Crippen LogP contribution in [0.1, 0.15) is 52.5 Å². The van der Waals surface area contributed by atoms with Gasteiger partial charge in [-0.1, -0.05) is 11.8 Å². The highest BCUT2D eigenvalue weighted by Crippen LogP contribution is 2.28. The van der Waals surface area contributed by atoms with E-state index in [4.69, 9.17) is 9.47 Å². The SMILES string of the molecule is C[C@@H](CCO)Oc1cc(Nc2ccnc(-c3cnn(C)c3O)n2)ncc1C#CC1CCN(C(=O)OC(C)(C)C)CC1. The molecule has 1 amide bonds. The van der Waals surface area contributed by atoms with Crippen LogP contribution in [0.15, 0.2) is 30.7 Å². The van der Waals surface area contributed by atoms with Crippen LogP contribution in [0.3, 0.4) is 0 Å². The molecule has 0 saturated carbocycles. The molecular formula is C29H37N7O5. The van der Waals surface area contributed by atoms with E-state index in [-0.39, 0.29) is 30.6 Å². The first-order valence-corrected chi connectivity index (χ1v) is 13.6. The number of ether oxygens (including phenoxy) is 2. The number of aryl methyl sites for hydroxylation is 1. The second kappa shape index (κ2) is 12.9. The Labute approximate surface area is 239 Å². The highest BCUT2D eigenvalue weighted by atomic mass is 16.6. The normalized spacial score (nSPS) is 14.6. The fraction of sp³-hybridized carbons (Fsp3) is 0.483. The molecule has 3 aromatic rings. The third kappa shape index (κ3) is 8.08. The molecule has 0 bridgehead atoms. The molecule has 12 heteroatoms. The van der Waals surface area contributed by atoms with Crippen molar-refractivity contribution in [2.45, 2.75) is 58.7 Å². The number of anilines is 2. The summed E-state index contributed by atoms with van der Waals surface area (Å²) in [6.45, 7) is 8.63. The zero-order chi connectivity index (χ0) is 29.6. The molecule has 12 nitrogen and oxygen atoms in total. The van der Waals surface area contributed by atoms with Crippen LogP contribution in [0.2, 0.25) is 0 Å². The zero-order valence-corrected chi connectivity index (χ0v) is 24.1. The first-order chi connectivity index (χ1) is 19.5. The van der Waals surface area contributed by atoms with Gasteiger partial charge in [-0.25, -0.2) is 24.4 Å². The van der Waals surface area contributed by atoms with Gasteiger partial charge in [-0.05, 0) is 46.6 Å². The number of pyridine rings is 1. The minimum absolute atomic E-state index is 0.000504. The molecule has 1 atom stereocenters. The molecule has 218 valence electrons. The van der Waals surface area contributed by atoms with E-state index >= 15 is 0 Å². The van der Waals surface area contributed by atoms with Crippen LogP contribution >= 0.6 is 0 Å². The van der Waals surface area contributed by atoms with E-state index in [0.29, 0.717) is 53.8 Å². The van der Waals surface area contributed by atoms with Crippen molar-refractivity contribution in [2.24, 2.45) is 13.0 Å². The molecular weight excluding hydrogens is 526 g/mol. The molecule has 0 aromatic carbocycles. The number of aliphatic hydroxyl groups is 1. The number of rotatable bonds is 7. The van der Waals surface area contributed by atoms with Crippen LogP contribution in [0, 0.1) is 17.8 Å².